The Morgan fingerprint density at radius 1 is 1.33 bits per heavy atom. The maximum Gasteiger partial charge on any atom is 0.269 e. The van der Waals surface area contributed by atoms with E-state index in [1.165, 1.54) is 14.2 Å². The van der Waals surface area contributed by atoms with Crippen LogP contribution >= 0.6 is 0 Å². The standard InChI is InChI=1S/C10H14N2O3/c1-6-4-7(14-2)5-8(9(6)15-3)10(13)12-11/h4-5H,11H2,1-3H3,(H,12,13). The van der Waals surface area contributed by atoms with Gasteiger partial charge in [-0.2, -0.15) is 0 Å². The Morgan fingerprint density at radius 2 is 2.00 bits per heavy atom. The van der Waals surface area contributed by atoms with Crippen LogP contribution in [0.1, 0.15) is 15.9 Å². The summed E-state index contributed by atoms with van der Waals surface area (Å²) in [6.45, 7) is 1.83. The van der Waals surface area contributed by atoms with Crippen molar-refractivity contribution in [1.29, 1.82) is 0 Å². The van der Waals surface area contributed by atoms with Gasteiger partial charge in [0.2, 0.25) is 0 Å². The average Bonchev–Trinajstić information content (AvgIpc) is 2.26. The number of hydrogen-bond acceptors (Lipinski definition) is 4. The number of methoxy groups -OCH3 is 2. The highest BCUT2D eigenvalue weighted by Gasteiger charge is 2.15. The molecule has 3 N–H and O–H groups in total. The number of ether oxygens (including phenoxy) is 2. The normalized spacial score (nSPS) is 9.60. The molecule has 0 fully saturated rings. The lowest BCUT2D eigenvalue weighted by Crippen LogP contribution is -2.30. The maximum absolute atomic E-state index is 11.4. The van der Waals surface area contributed by atoms with Gasteiger partial charge in [-0.25, -0.2) is 5.84 Å². The summed E-state index contributed by atoms with van der Waals surface area (Å²) in [5.74, 6) is 5.75. The molecule has 0 aliphatic heterocycles. The molecule has 0 aliphatic rings. The van der Waals surface area contributed by atoms with Crippen LogP contribution < -0.4 is 20.7 Å². The van der Waals surface area contributed by atoms with Crippen LogP contribution in [0.3, 0.4) is 0 Å². The molecule has 82 valence electrons. The fourth-order valence-electron chi connectivity index (χ4n) is 1.38. The summed E-state index contributed by atoms with van der Waals surface area (Å²) >= 11 is 0. The van der Waals surface area contributed by atoms with E-state index in [9.17, 15) is 4.79 Å². The Hall–Kier alpha value is -1.75. The SMILES string of the molecule is COc1cc(C)c(OC)c(C(=O)NN)c1. The summed E-state index contributed by atoms with van der Waals surface area (Å²) in [5, 5.41) is 0. The molecule has 0 spiro atoms. The maximum atomic E-state index is 11.4. The Labute approximate surface area is 88.1 Å². The third-order valence-electron chi connectivity index (χ3n) is 2.06. The van der Waals surface area contributed by atoms with Gasteiger partial charge in [-0.1, -0.05) is 0 Å². The van der Waals surface area contributed by atoms with Crippen molar-refractivity contribution in [2.24, 2.45) is 5.84 Å². The first-order valence-electron chi connectivity index (χ1n) is 4.37. The van der Waals surface area contributed by atoms with Gasteiger partial charge in [0, 0.05) is 0 Å². The lowest BCUT2D eigenvalue weighted by Gasteiger charge is -2.12. The van der Waals surface area contributed by atoms with Crippen molar-refractivity contribution in [3.05, 3.63) is 23.3 Å². The Bertz CT molecular complexity index is 377. The zero-order valence-electron chi connectivity index (χ0n) is 8.96. The molecule has 0 bridgehead atoms. The molecular weight excluding hydrogens is 196 g/mol. The number of nitrogens with one attached hydrogen (secondary N) is 1. The van der Waals surface area contributed by atoms with Crippen LogP contribution in [0.15, 0.2) is 12.1 Å². The monoisotopic (exact) mass is 210 g/mol. The topological polar surface area (TPSA) is 73.6 Å². The van der Waals surface area contributed by atoms with E-state index < -0.39 is 5.91 Å². The summed E-state index contributed by atoms with van der Waals surface area (Å²) in [7, 11) is 3.04. The first-order chi connectivity index (χ1) is 7.13. The molecule has 5 heteroatoms. The zero-order valence-corrected chi connectivity index (χ0v) is 8.96. The van der Waals surface area contributed by atoms with Crippen molar-refractivity contribution in [3.63, 3.8) is 0 Å². The van der Waals surface area contributed by atoms with Crippen LogP contribution in [0.4, 0.5) is 0 Å². The number of carbonyl (C=O) groups is 1. The number of rotatable bonds is 3. The number of nitrogen functional groups attached to an aromatic ring is 1. The highest BCUT2D eigenvalue weighted by atomic mass is 16.5. The number of amides is 1. The highest BCUT2D eigenvalue weighted by molar-refractivity contribution is 5.97. The fraction of sp³-hybridized carbons (Fsp3) is 0.300. The number of hydrogen-bond donors (Lipinski definition) is 2. The molecule has 1 aromatic rings. The van der Waals surface area contributed by atoms with Crippen LogP contribution in [-0.4, -0.2) is 20.1 Å². The van der Waals surface area contributed by atoms with E-state index in [4.69, 9.17) is 15.3 Å². The molecule has 0 atom stereocenters. The summed E-state index contributed by atoms with van der Waals surface area (Å²) in [4.78, 5) is 11.4. The van der Waals surface area contributed by atoms with E-state index in [0.717, 1.165) is 5.56 Å². The molecule has 0 heterocycles. The second-order valence-electron chi connectivity index (χ2n) is 3.00. The lowest BCUT2D eigenvalue weighted by atomic mass is 10.1. The van der Waals surface area contributed by atoms with E-state index in [0.29, 0.717) is 17.1 Å². The predicted molar refractivity (Wildman–Crippen MR) is 55.9 cm³/mol. The molecule has 1 rings (SSSR count). The van der Waals surface area contributed by atoms with Crippen molar-refractivity contribution in [1.82, 2.24) is 5.43 Å². The third-order valence-corrected chi connectivity index (χ3v) is 2.06. The molecule has 0 saturated carbocycles. The second-order valence-corrected chi connectivity index (χ2v) is 3.00. The first kappa shape index (κ1) is 11.3. The summed E-state index contributed by atoms with van der Waals surface area (Å²) in [6, 6.07) is 3.36. The van der Waals surface area contributed by atoms with Gasteiger partial charge in [-0.05, 0) is 24.6 Å². The molecule has 0 aliphatic carbocycles. The van der Waals surface area contributed by atoms with Gasteiger partial charge in [0.1, 0.15) is 11.5 Å². The van der Waals surface area contributed by atoms with Crippen molar-refractivity contribution in [3.8, 4) is 11.5 Å². The van der Waals surface area contributed by atoms with Crippen LogP contribution in [-0.2, 0) is 0 Å². The smallest absolute Gasteiger partial charge is 0.269 e. The Balaban J connectivity index is 3.32. The molecule has 0 saturated heterocycles. The number of benzene rings is 1. The van der Waals surface area contributed by atoms with E-state index in [1.807, 2.05) is 6.92 Å². The van der Waals surface area contributed by atoms with Crippen molar-refractivity contribution < 1.29 is 14.3 Å². The van der Waals surface area contributed by atoms with Crippen molar-refractivity contribution in [2.75, 3.05) is 14.2 Å². The average molecular weight is 210 g/mol. The largest absolute Gasteiger partial charge is 0.497 e. The minimum Gasteiger partial charge on any atom is -0.497 e. The summed E-state index contributed by atoms with van der Waals surface area (Å²) in [6.07, 6.45) is 0. The number of carbonyl (C=O) groups excluding carboxylic acids is 1. The van der Waals surface area contributed by atoms with Gasteiger partial charge in [0.15, 0.2) is 0 Å². The zero-order chi connectivity index (χ0) is 11.4. The Kier molecular flexibility index (Phi) is 3.51. The van der Waals surface area contributed by atoms with Gasteiger partial charge < -0.3 is 9.47 Å². The summed E-state index contributed by atoms with van der Waals surface area (Å²) in [5.41, 5.74) is 3.23. The van der Waals surface area contributed by atoms with Gasteiger partial charge in [-0.15, -0.1) is 0 Å². The van der Waals surface area contributed by atoms with Crippen LogP contribution in [0, 0.1) is 6.92 Å². The van der Waals surface area contributed by atoms with E-state index in [2.05, 4.69) is 5.43 Å². The van der Waals surface area contributed by atoms with E-state index in [1.54, 1.807) is 12.1 Å². The van der Waals surface area contributed by atoms with Crippen LogP contribution in [0.2, 0.25) is 0 Å². The van der Waals surface area contributed by atoms with Crippen molar-refractivity contribution >= 4 is 5.91 Å². The van der Waals surface area contributed by atoms with Crippen molar-refractivity contribution in [2.45, 2.75) is 6.92 Å². The van der Waals surface area contributed by atoms with Crippen LogP contribution in [0.5, 0.6) is 11.5 Å². The quantitative estimate of drug-likeness (QED) is 0.435. The molecule has 1 aromatic carbocycles. The highest BCUT2D eigenvalue weighted by Crippen LogP contribution is 2.28. The fourth-order valence-corrected chi connectivity index (χ4v) is 1.38. The second kappa shape index (κ2) is 4.65. The molecule has 0 unspecified atom stereocenters. The Morgan fingerprint density at radius 3 is 2.47 bits per heavy atom. The number of nitrogens with two attached hydrogens (primary N) is 1. The third kappa shape index (κ3) is 2.19. The first-order valence-corrected chi connectivity index (χ1v) is 4.37. The van der Waals surface area contributed by atoms with Crippen LogP contribution in [0.25, 0.3) is 0 Å². The molecule has 5 nitrogen and oxygen atoms in total. The molecule has 0 radical (unpaired) electrons. The van der Waals surface area contributed by atoms with E-state index in [-0.39, 0.29) is 0 Å². The minimum absolute atomic E-state index is 0.358. The van der Waals surface area contributed by atoms with Gasteiger partial charge in [0.05, 0.1) is 19.8 Å². The molecule has 1 amide bonds. The molecule has 15 heavy (non-hydrogen) atoms. The summed E-state index contributed by atoms with van der Waals surface area (Å²) < 4.78 is 10.2. The molecule has 0 aromatic heterocycles. The lowest BCUT2D eigenvalue weighted by molar-refractivity contribution is 0.0950. The van der Waals surface area contributed by atoms with Gasteiger partial charge >= 0.3 is 0 Å². The minimum atomic E-state index is -0.408. The number of hydrazine groups is 1. The van der Waals surface area contributed by atoms with Gasteiger partial charge in [0.25, 0.3) is 5.91 Å². The number of aryl methyl sites for hydroxylation is 1. The molecular formula is C10H14N2O3. The van der Waals surface area contributed by atoms with E-state index >= 15 is 0 Å². The van der Waals surface area contributed by atoms with Gasteiger partial charge in [-0.3, -0.25) is 10.2 Å². The predicted octanol–water partition coefficient (Wildman–Crippen LogP) is 0.616.